The number of ether oxygens (including phenoxy) is 2. The van der Waals surface area contributed by atoms with Gasteiger partial charge in [-0.2, -0.15) is 0 Å². The Morgan fingerprint density at radius 1 is 1.21 bits per heavy atom. The Kier molecular flexibility index (Phi) is 3.06. The van der Waals surface area contributed by atoms with Gasteiger partial charge in [0, 0.05) is 34.7 Å². The van der Waals surface area contributed by atoms with E-state index in [1.165, 1.54) is 0 Å². The summed E-state index contributed by atoms with van der Waals surface area (Å²) in [6.07, 6.45) is 0.177. The molecule has 1 amide bonds. The third kappa shape index (κ3) is 2.04. The smallest absolute Gasteiger partial charge is 0.256 e. The first kappa shape index (κ1) is 16.6. The second-order valence-corrected chi connectivity index (χ2v) is 7.60. The molecule has 3 aromatic rings. The molecule has 1 atom stereocenters. The average Bonchev–Trinajstić information content (AvgIpc) is 3.32. The molecule has 3 aliphatic heterocycles. The van der Waals surface area contributed by atoms with E-state index in [1.807, 2.05) is 18.2 Å². The number of rotatable bonds is 1. The number of nitrogens with zero attached hydrogens (tertiary/aromatic N) is 2. The lowest BCUT2D eigenvalue weighted by molar-refractivity contribution is -0.142. The average molecular weight is 391 g/mol. The molecule has 8 heteroatoms. The number of aromatic nitrogens is 2. The van der Waals surface area contributed by atoms with Crippen molar-refractivity contribution in [3.8, 4) is 22.9 Å². The van der Waals surface area contributed by atoms with Crippen molar-refractivity contribution in [3.05, 3.63) is 51.3 Å². The molecule has 2 aromatic heterocycles. The molecule has 0 saturated carbocycles. The number of fused-ring (bicyclic) bond motifs is 6. The maximum atomic E-state index is 13.2. The SMILES string of the molecule is CC[C@@]1(O)C(=O)NCc2c1cc1n(c2=O)Cc2cc3cc4c(cc3nc2-1)OCO4. The minimum absolute atomic E-state index is 0.114. The van der Waals surface area contributed by atoms with Crippen LogP contribution >= 0.6 is 0 Å². The zero-order valence-electron chi connectivity index (χ0n) is 15.6. The van der Waals surface area contributed by atoms with Crippen LogP contribution in [0.15, 0.2) is 29.1 Å². The topological polar surface area (TPSA) is 103 Å². The summed E-state index contributed by atoms with van der Waals surface area (Å²) in [4.78, 5) is 30.3. The van der Waals surface area contributed by atoms with Gasteiger partial charge in [-0.3, -0.25) is 9.59 Å². The molecule has 0 bridgehead atoms. The second-order valence-electron chi connectivity index (χ2n) is 7.60. The van der Waals surface area contributed by atoms with Gasteiger partial charge >= 0.3 is 0 Å². The molecule has 0 aliphatic carbocycles. The van der Waals surface area contributed by atoms with E-state index in [0.29, 0.717) is 40.6 Å². The molecule has 1 aromatic carbocycles. The summed E-state index contributed by atoms with van der Waals surface area (Å²) in [6, 6.07) is 7.46. The summed E-state index contributed by atoms with van der Waals surface area (Å²) in [5.74, 6) is 0.844. The number of aliphatic hydroxyl groups is 1. The predicted molar refractivity (Wildman–Crippen MR) is 103 cm³/mol. The summed E-state index contributed by atoms with van der Waals surface area (Å²) in [7, 11) is 0. The monoisotopic (exact) mass is 391 g/mol. The van der Waals surface area contributed by atoms with Crippen LogP contribution in [-0.4, -0.2) is 27.4 Å². The van der Waals surface area contributed by atoms with Crippen LogP contribution in [0.4, 0.5) is 0 Å². The van der Waals surface area contributed by atoms with Gasteiger partial charge in [-0.1, -0.05) is 6.92 Å². The van der Waals surface area contributed by atoms with Gasteiger partial charge in [0.1, 0.15) is 0 Å². The van der Waals surface area contributed by atoms with Crippen LogP contribution < -0.4 is 20.3 Å². The number of pyridine rings is 2. The fourth-order valence-electron chi connectivity index (χ4n) is 4.49. The highest BCUT2D eigenvalue weighted by Crippen LogP contribution is 2.40. The zero-order chi connectivity index (χ0) is 19.9. The van der Waals surface area contributed by atoms with Gasteiger partial charge in [0.25, 0.3) is 11.5 Å². The van der Waals surface area contributed by atoms with Gasteiger partial charge in [-0.05, 0) is 24.6 Å². The second kappa shape index (κ2) is 5.36. The number of carbonyl (C=O) groups is 1. The van der Waals surface area contributed by atoms with Crippen molar-refractivity contribution in [1.29, 1.82) is 0 Å². The fourth-order valence-corrected chi connectivity index (χ4v) is 4.49. The van der Waals surface area contributed by atoms with E-state index in [1.54, 1.807) is 17.6 Å². The normalized spacial score (nSPS) is 21.0. The molecule has 0 spiro atoms. The van der Waals surface area contributed by atoms with Gasteiger partial charge in [0.05, 0.1) is 23.4 Å². The molecular formula is C21H17N3O5. The molecule has 146 valence electrons. The summed E-state index contributed by atoms with van der Waals surface area (Å²) < 4.78 is 12.6. The number of amides is 1. The third-order valence-corrected chi connectivity index (χ3v) is 6.12. The molecule has 6 rings (SSSR count). The minimum atomic E-state index is -1.71. The first-order valence-corrected chi connectivity index (χ1v) is 9.51. The molecule has 8 nitrogen and oxygen atoms in total. The van der Waals surface area contributed by atoms with E-state index >= 15 is 0 Å². The number of benzene rings is 1. The molecule has 0 fully saturated rings. The van der Waals surface area contributed by atoms with E-state index in [9.17, 15) is 14.7 Å². The highest BCUT2D eigenvalue weighted by Gasteiger charge is 2.43. The summed E-state index contributed by atoms with van der Waals surface area (Å²) in [5, 5.41) is 14.5. The summed E-state index contributed by atoms with van der Waals surface area (Å²) >= 11 is 0. The lowest BCUT2D eigenvalue weighted by Crippen LogP contribution is -2.50. The Balaban J connectivity index is 1.61. The van der Waals surface area contributed by atoms with Crippen molar-refractivity contribution in [1.82, 2.24) is 14.9 Å². The van der Waals surface area contributed by atoms with Crippen molar-refractivity contribution in [2.24, 2.45) is 0 Å². The Bertz CT molecular complexity index is 1310. The quantitative estimate of drug-likeness (QED) is 0.508. The van der Waals surface area contributed by atoms with Crippen LogP contribution in [0.2, 0.25) is 0 Å². The van der Waals surface area contributed by atoms with Crippen molar-refractivity contribution in [3.63, 3.8) is 0 Å². The van der Waals surface area contributed by atoms with Crippen LogP contribution in [0.25, 0.3) is 22.3 Å². The number of nitrogens with one attached hydrogen (secondary N) is 1. The third-order valence-electron chi connectivity index (χ3n) is 6.12. The van der Waals surface area contributed by atoms with Crippen LogP contribution in [0.1, 0.15) is 30.0 Å². The zero-order valence-corrected chi connectivity index (χ0v) is 15.6. The van der Waals surface area contributed by atoms with Crippen molar-refractivity contribution >= 4 is 16.8 Å². The lowest BCUT2D eigenvalue weighted by atomic mass is 9.84. The van der Waals surface area contributed by atoms with Crippen molar-refractivity contribution < 1.29 is 19.4 Å². The summed E-state index contributed by atoms with van der Waals surface area (Å²) in [6.45, 7) is 2.42. The van der Waals surface area contributed by atoms with E-state index in [-0.39, 0.29) is 25.3 Å². The van der Waals surface area contributed by atoms with Gasteiger partial charge in [-0.25, -0.2) is 4.98 Å². The standard InChI is InChI=1S/C21H17N3O5/c1-2-21(27)13-5-15-18-11(8-24(15)19(25)12(13)7-22-20(21)26)3-10-4-16-17(29-9-28-16)6-14(10)23-18/h3-6,27H,2,7-9H2,1H3,(H,22,26)/t21-/m0/s1. The maximum absolute atomic E-state index is 13.2. The summed E-state index contributed by atoms with van der Waals surface area (Å²) in [5.41, 5.74) is 1.82. The molecule has 2 N–H and O–H groups in total. The molecule has 0 radical (unpaired) electrons. The van der Waals surface area contributed by atoms with Crippen LogP contribution in [-0.2, 0) is 23.5 Å². The highest BCUT2D eigenvalue weighted by atomic mass is 16.7. The highest BCUT2D eigenvalue weighted by molar-refractivity contribution is 5.90. The lowest BCUT2D eigenvalue weighted by Gasteiger charge is -2.32. The van der Waals surface area contributed by atoms with Gasteiger partial charge in [-0.15, -0.1) is 0 Å². The predicted octanol–water partition coefficient (Wildman–Crippen LogP) is 1.38. The Labute approximate surface area is 164 Å². The molecule has 0 unspecified atom stereocenters. The van der Waals surface area contributed by atoms with Crippen LogP contribution in [0, 0.1) is 0 Å². The number of hydrogen-bond acceptors (Lipinski definition) is 6. The van der Waals surface area contributed by atoms with Crippen molar-refractivity contribution in [2.75, 3.05) is 6.79 Å². The Hall–Kier alpha value is -3.39. The van der Waals surface area contributed by atoms with Crippen LogP contribution in [0.3, 0.4) is 0 Å². The Morgan fingerprint density at radius 3 is 2.79 bits per heavy atom. The van der Waals surface area contributed by atoms with E-state index < -0.39 is 11.5 Å². The van der Waals surface area contributed by atoms with E-state index in [2.05, 4.69) is 5.32 Å². The minimum Gasteiger partial charge on any atom is -0.454 e. The molecule has 5 heterocycles. The van der Waals surface area contributed by atoms with E-state index in [4.69, 9.17) is 14.5 Å². The molecule has 29 heavy (non-hydrogen) atoms. The number of carbonyl (C=O) groups excluding carboxylic acids is 1. The first-order valence-electron chi connectivity index (χ1n) is 9.51. The van der Waals surface area contributed by atoms with Gasteiger partial charge < -0.3 is 24.5 Å². The first-order chi connectivity index (χ1) is 14.0. The number of hydrogen-bond donors (Lipinski definition) is 2. The Morgan fingerprint density at radius 2 is 2.00 bits per heavy atom. The molecule has 3 aliphatic rings. The van der Waals surface area contributed by atoms with Crippen LogP contribution in [0.5, 0.6) is 11.5 Å². The maximum Gasteiger partial charge on any atom is 0.256 e. The van der Waals surface area contributed by atoms with Gasteiger partial charge in [0.15, 0.2) is 17.1 Å². The van der Waals surface area contributed by atoms with Crippen molar-refractivity contribution in [2.45, 2.75) is 32.0 Å². The van der Waals surface area contributed by atoms with Gasteiger partial charge in [0.2, 0.25) is 6.79 Å². The molecule has 0 saturated heterocycles. The molecular weight excluding hydrogens is 374 g/mol. The fraction of sp³-hybridized carbons (Fsp3) is 0.286. The largest absolute Gasteiger partial charge is 0.454 e. The van der Waals surface area contributed by atoms with E-state index in [0.717, 1.165) is 16.5 Å².